The summed E-state index contributed by atoms with van der Waals surface area (Å²) in [6.07, 6.45) is 9.72. The van der Waals surface area contributed by atoms with Crippen molar-refractivity contribution >= 4 is 33.7 Å². The monoisotopic (exact) mass is 559 g/mol. The molecular formula is C35H49N3O3. The molecule has 0 aliphatic heterocycles. The molecule has 0 atom stereocenters. The smallest absolute Gasteiger partial charge is 0.150 e. The van der Waals surface area contributed by atoms with Gasteiger partial charge in [-0.1, -0.05) is 68.0 Å². The lowest BCUT2D eigenvalue weighted by Gasteiger charge is -2.15. The van der Waals surface area contributed by atoms with Crippen molar-refractivity contribution in [1.82, 2.24) is 4.98 Å². The van der Waals surface area contributed by atoms with Crippen LogP contribution in [0.1, 0.15) is 76.3 Å². The maximum absolute atomic E-state index is 6.37. The van der Waals surface area contributed by atoms with Crippen LogP contribution in [-0.2, 0) is 20.6 Å². The lowest BCUT2D eigenvalue weighted by molar-refractivity contribution is 0.119. The second kappa shape index (κ2) is 19.1. The van der Waals surface area contributed by atoms with Crippen molar-refractivity contribution in [2.24, 2.45) is 4.99 Å². The number of fused-ring (bicyclic) bond motifs is 1. The Balaban J connectivity index is 1.30. The molecule has 0 aliphatic rings. The third-order valence-electron chi connectivity index (χ3n) is 7.01. The van der Waals surface area contributed by atoms with Gasteiger partial charge < -0.3 is 19.9 Å². The van der Waals surface area contributed by atoms with Crippen LogP contribution in [0.4, 0.5) is 11.5 Å². The highest BCUT2D eigenvalue weighted by molar-refractivity contribution is 6.01. The van der Waals surface area contributed by atoms with Crippen LogP contribution in [-0.4, -0.2) is 50.3 Å². The number of para-hydroxylation sites is 1. The van der Waals surface area contributed by atoms with Crippen LogP contribution in [0.25, 0.3) is 16.5 Å². The van der Waals surface area contributed by atoms with E-state index in [1.165, 1.54) is 24.8 Å². The van der Waals surface area contributed by atoms with E-state index in [4.69, 9.17) is 24.9 Å². The third-order valence-corrected chi connectivity index (χ3v) is 7.01. The van der Waals surface area contributed by atoms with Gasteiger partial charge in [-0.05, 0) is 76.0 Å². The second-order valence-corrected chi connectivity index (χ2v) is 10.5. The Labute approximate surface area is 247 Å². The van der Waals surface area contributed by atoms with E-state index >= 15 is 0 Å². The van der Waals surface area contributed by atoms with Gasteiger partial charge in [0.2, 0.25) is 0 Å². The van der Waals surface area contributed by atoms with Crippen LogP contribution < -0.4 is 5.73 Å². The van der Waals surface area contributed by atoms with Crippen LogP contribution in [0, 0.1) is 0 Å². The Morgan fingerprint density at radius 3 is 2.15 bits per heavy atom. The molecule has 6 heteroatoms. The first-order chi connectivity index (χ1) is 20.1. The summed E-state index contributed by atoms with van der Waals surface area (Å²) in [4.78, 5) is 9.39. The van der Waals surface area contributed by atoms with Crippen LogP contribution in [0.15, 0.2) is 66.2 Å². The molecule has 41 heavy (non-hydrogen) atoms. The normalized spacial score (nSPS) is 11.8. The minimum Gasteiger partial charge on any atom is -0.382 e. The predicted molar refractivity (Wildman–Crippen MR) is 173 cm³/mol. The van der Waals surface area contributed by atoms with Crippen molar-refractivity contribution in [3.63, 3.8) is 0 Å². The van der Waals surface area contributed by atoms with E-state index in [1.807, 2.05) is 32.0 Å². The zero-order valence-electron chi connectivity index (χ0n) is 25.2. The van der Waals surface area contributed by atoms with E-state index in [0.717, 1.165) is 86.1 Å². The number of aliphatic imine (C=N–C) groups is 1. The molecule has 1 heterocycles. The van der Waals surface area contributed by atoms with Crippen LogP contribution in [0.5, 0.6) is 0 Å². The lowest BCUT2D eigenvalue weighted by Crippen LogP contribution is -2.05. The molecule has 2 aromatic carbocycles. The van der Waals surface area contributed by atoms with Crippen molar-refractivity contribution in [1.29, 1.82) is 0 Å². The van der Waals surface area contributed by atoms with Crippen molar-refractivity contribution in [2.75, 3.05) is 45.4 Å². The SMILES string of the molecule is C=C(CCCOCCCCCCOCCCCc1ccccc1)c1c(N=C(C)COCC)c(N)nc2ccccc12. The molecule has 0 fully saturated rings. The van der Waals surface area contributed by atoms with Gasteiger partial charge >= 0.3 is 0 Å². The number of rotatable bonds is 21. The third kappa shape index (κ3) is 11.8. The van der Waals surface area contributed by atoms with Gasteiger partial charge in [-0.25, -0.2) is 4.98 Å². The summed E-state index contributed by atoms with van der Waals surface area (Å²) >= 11 is 0. The summed E-state index contributed by atoms with van der Waals surface area (Å²) in [6, 6.07) is 18.7. The molecule has 1 aromatic heterocycles. The van der Waals surface area contributed by atoms with Crippen molar-refractivity contribution in [2.45, 2.75) is 71.6 Å². The van der Waals surface area contributed by atoms with Crippen LogP contribution in [0.3, 0.4) is 0 Å². The Morgan fingerprint density at radius 1 is 0.805 bits per heavy atom. The van der Waals surface area contributed by atoms with E-state index in [2.05, 4.69) is 48.0 Å². The van der Waals surface area contributed by atoms with E-state index in [-0.39, 0.29) is 0 Å². The Hall–Kier alpha value is -3.06. The predicted octanol–water partition coefficient (Wildman–Crippen LogP) is 8.36. The highest BCUT2D eigenvalue weighted by atomic mass is 16.5. The molecule has 0 bridgehead atoms. The number of allylic oxidation sites excluding steroid dienone is 1. The Bertz CT molecular complexity index is 1210. The maximum atomic E-state index is 6.37. The summed E-state index contributed by atoms with van der Waals surface area (Å²) in [5.74, 6) is 0.417. The number of benzene rings is 2. The van der Waals surface area contributed by atoms with Gasteiger partial charge in [0.05, 0.1) is 12.1 Å². The molecule has 0 spiro atoms. The average molecular weight is 560 g/mol. The summed E-state index contributed by atoms with van der Waals surface area (Å²) in [5, 5.41) is 1.02. The summed E-state index contributed by atoms with van der Waals surface area (Å²) < 4.78 is 17.3. The number of pyridine rings is 1. The number of nitrogen functional groups attached to an aromatic ring is 1. The van der Waals surface area contributed by atoms with E-state index < -0.39 is 0 Å². The standard InChI is InChI=1S/C35H49N3O3/c1-4-39-27-29(3)37-34-33(31-21-10-11-22-32(31)38-35(34)36)28(2)17-16-26-41-24-14-6-5-13-23-40-25-15-12-20-30-18-8-7-9-19-30/h7-11,18-19,21-22H,2,4-6,12-17,20,23-27H2,1,3H3,(H2,36,38). The van der Waals surface area contributed by atoms with E-state index in [9.17, 15) is 0 Å². The molecule has 3 aromatic rings. The average Bonchev–Trinajstić information content (AvgIpc) is 2.98. The fourth-order valence-corrected chi connectivity index (χ4v) is 4.82. The quantitative estimate of drug-likeness (QED) is 0.105. The number of aryl methyl sites for hydroxylation is 1. The summed E-state index contributed by atoms with van der Waals surface area (Å²) in [7, 11) is 0. The Kier molecular flexibility index (Phi) is 15.1. The van der Waals surface area contributed by atoms with Crippen molar-refractivity contribution in [3.8, 4) is 0 Å². The first-order valence-corrected chi connectivity index (χ1v) is 15.3. The van der Waals surface area contributed by atoms with E-state index in [0.29, 0.717) is 31.3 Å². The minimum atomic E-state index is 0.417. The topological polar surface area (TPSA) is 79.0 Å². The van der Waals surface area contributed by atoms with Gasteiger partial charge in [-0.2, -0.15) is 0 Å². The zero-order chi connectivity index (χ0) is 29.1. The number of hydrogen-bond donors (Lipinski definition) is 1. The number of ether oxygens (including phenoxy) is 3. The molecular weight excluding hydrogens is 510 g/mol. The molecule has 0 amide bonds. The zero-order valence-corrected chi connectivity index (χ0v) is 25.2. The van der Waals surface area contributed by atoms with Gasteiger partial charge in [0.25, 0.3) is 0 Å². The molecule has 0 aliphatic carbocycles. The first kappa shape index (κ1) is 32.5. The highest BCUT2D eigenvalue weighted by Crippen LogP contribution is 2.38. The number of nitrogens with zero attached hydrogens (tertiary/aromatic N) is 2. The fourth-order valence-electron chi connectivity index (χ4n) is 4.82. The first-order valence-electron chi connectivity index (χ1n) is 15.3. The second-order valence-electron chi connectivity index (χ2n) is 10.5. The fraction of sp³-hybridized carbons (Fsp3) is 0.486. The van der Waals surface area contributed by atoms with Crippen LogP contribution in [0.2, 0.25) is 0 Å². The van der Waals surface area contributed by atoms with Crippen LogP contribution >= 0.6 is 0 Å². The van der Waals surface area contributed by atoms with Gasteiger partial charge in [0, 0.05) is 49.7 Å². The van der Waals surface area contributed by atoms with Gasteiger partial charge in [-0.3, -0.25) is 4.99 Å². The van der Waals surface area contributed by atoms with E-state index in [1.54, 1.807) is 0 Å². The number of hydrogen-bond acceptors (Lipinski definition) is 6. The molecule has 0 unspecified atom stereocenters. The summed E-state index contributed by atoms with van der Waals surface area (Å²) in [5.41, 5.74) is 12.2. The molecule has 3 rings (SSSR count). The molecule has 6 nitrogen and oxygen atoms in total. The number of nitrogens with two attached hydrogens (primary N) is 1. The molecule has 222 valence electrons. The number of aromatic nitrogens is 1. The lowest BCUT2D eigenvalue weighted by atomic mass is 9.97. The number of anilines is 1. The summed E-state index contributed by atoms with van der Waals surface area (Å²) in [6.45, 7) is 12.7. The molecule has 0 saturated heterocycles. The molecule has 0 saturated carbocycles. The highest BCUT2D eigenvalue weighted by Gasteiger charge is 2.16. The van der Waals surface area contributed by atoms with Gasteiger partial charge in [-0.15, -0.1) is 0 Å². The van der Waals surface area contributed by atoms with Gasteiger partial charge in [0.1, 0.15) is 5.69 Å². The Morgan fingerprint density at radius 2 is 1.44 bits per heavy atom. The van der Waals surface area contributed by atoms with Crippen molar-refractivity contribution in [3.05, 3.63) is 72.3 Å². The van der Waals surface area contributed by atoms with Gasteiger partial charge in [0.15, 0.2) is 5.82 Å². The largest absolute Gasteiger partial charge is 0.382 e. The number of unbranched alkanes of at least 4 members (excludes halogenated alkanes) is 4. The minimum absolute atomic E-state index is 0.417. The molecule has 2 N–H and O–H groups in total. The van der Waals surface area contributed by atoms with Crippen molar-refractivity contribution < 1.29 is 14.2 Å². The molecule has 0 radical (unpaired) electrons. The maximum Gasteiger partial charge on any atom is 0.150 e.